The Morgan fingerprint density at radius 3 is 2.62 bits per heavy atom. The van der Waals surface area contributed by atoms with E-state index >= 15 is 0 Å². The topological polar surface area (TPSA) is 63.4 Å². The monoisotopic (exact) mass is 248 g/mol. The van der Waals surface area contributed by atoms with Crippen molar-refractivity contribution in [1.29, 1.82) is 0 Å². The summed E-state index contributed by atoms with van der Waals surface area (Å²) in [7, 11) is -3.19. The molecular weight excluding hydrogens is 224 g/mol. The van der Waals surface area contributed by atoms with Crippen LogP contribution < -0.4 is 5.73 Å². The third-order valence-corrected chi connectivity index (χ3v) is 5.81. The Hall–Kier alpha value is -0.130. The van der Waals surface area contributed by atoms with Gasteiger partial charge in [-0.3, -0.25) is 0 Å². The summed E-state index contributed by atoms with van der Waals surface area (Å²) in [5.41, 5.74) is 5.48. The number of nitrogens with two attached hydrogens (primary N) is 1. The minimum absolute atomic E-state index is 0.182. The molecule has 1 aliphatic rings. The predicted octanol–water partition coefficient (Wildman–Crippen LogP) is 1.32. The van der Waals surface area contributed by atoms with Gasteiger partial charge < -0.3 is 5.73 Å². The highest BCUT2D eigenvalue weighted by atomic mass is 32.2. The highest BCUT2D eigenvalue weighted by Gasteiger charge is 2.33. The highest BCUT2D eigenvalue weighted by Crippen LogP contribution is 2.23. The lowest BCUT2D eigenvalue weighted by atomic mass is 10.1. The maximum absolute atomic E-state index is 12.3. The smallest absolute Gasteiger partial charge is 0.218 e. The fraction of sp³-hybridized carbons (Fsp3) is 1.00. The molecule has 1 saturated heterocycles. The third kappa shape index (κ3) is 2.96. The molecule has 2 atom stereocenters. The molecule has 5 heteroatoms. The molecule has 0 aromatic carbocycles. The molecule has 0 amide bonds. The molecule has 1 aliphatic heterocycles. The predicted molar refractivity (Wildman–Crippen MR) is 66.7 cm³/mol. The van der Waals surface area contributed by atoms with Crippen molar-refractivity contribution < 1.29 is 8.42 Å². The van der Waals surface area contributed by atoms with Gasteiger partial charge in [-0.1, -0.05) is 19.8 Å². The summed E-state index contributed by atoms with van der Waals surface area (Å²) in [6.45, 7) is 4.64. The van der Waals surface area contributed by atoms with Crippen LogP contribution in [-0.2, 0) is 10.0 Å². The van der Waals surface area contributed by atoms with E-state index in [4.69, 9.17) is 5.73 Å². The van der Waals surface area contributed by atoms with Gasteiger partial charge in [0.15, 0.2) is 0 Å². The average molecular weight is 248 g/mol. The minimum atomic E-state index is -3.19. The molecule has 96 valence electrons. The van der Waals surface area contributed by atoms with Gasteiger partial charge in [-0.25, -0.2) is 8.42 Å². The van der Waals surface area contributed by atoms with Crippen molar-refractivity contribution in [2.75, 3.05) is 13.1 Å². The van der Waals surface area contributed by atoms with E-state index in [0.717, 1.165) is 32.1 Å². The van der Waals surface area contributed by atoms with E-state index in [1.807, 2.05) is 0 Å². The van der Waals surface area contributed by atoms with Crippen molar-refractivity contribution >= 4 is 10.0 Å². The van der Waals surface area contributed by atoms with E-state index in [2.05, 4.69) is 6.92 Å². The molecule has 2 unspecified atom stereocenters. The number of nitrogens with zero attached hydrogens (tertiary/aromatic N) is 1. The highest BCUT2D eigenvalue weighted by molar-refractivity contribution is 7.89. The lowest BCUT2D eigenvalue weighted by Gasteiger charge is -2.30. The van der Waals surface area contributed by atoms with E-state index in [1.54, 1.807) is 11.2 Å². The van der Waals surface area contributed by atoms with E-state index in [-0.39, 0.29) is 12.6 Å². The molecule has 4 nitrogen and oxygen atoms in total. The summed E-state index contributed by atoms with van der Waals surface area (Å²) >= 11 is 0. The number of hydrogen-bond donors (Lipinski definition) is 1. The normalized spacial score (nSPS) is 26.3. The van der Waals surface area contributed by atoms with Gasteiger partial charge in [-0.15, -0.1) is 0 Å². The van der Waals surface area contributed by atoms with Crippen LogP contribution in [0.4, 0.5) is 0 Å². The maximum Gasteiger partial charge on any atom is 0.218 e. The van der Waals surface area contributed by atoms with Crippen LogP contribution in [0.3, 0.4) is 0 Å². The van der Waals surface area contributed by atoms with Gasteiger partial charge in [0.1, 0.15) is 0 Å². The first-order chi connectivity index (χ1) is 7.54. The van der Waals surface area contributed by atoms with Crippen LogP contribution in [0.25, 0.3) is 0 Å². The van der Waals surface area contributed by atoms with Crippen LogP contribution in [0.5, 0.6) is 0 Å². The van der Waals surface area contributed by atoms with Crippen molar-refractivity contribution in [3.63, 3.8) is 0 Å². The molecule has 0 aromatic rings. The summed E-state index contributed by atoms with van der Waals surface area (Å²) in [6.07, 6.45) is 5.15. The van der Waals surface area contributed by atoms with Gasteiger partial charge in [0.2, 0.25) is 10.0 Å². The maximum atomic E-state index is 12.3. The average Bonchev–Trinajstić information content (AvgIpc) is 2.52. The Kier molecular flexibility index (Phi) is 5.21. The van der Waals surface area contributed by atoms with Gasteiger partial charge in [-0.05, 0) is 26.2 Å². The first-order valence-electron chi connectivity index (χ1n) is 6.24. The van der Waals surface area contributed by atoms with Crippen molar-refractivity contribution in [1.82, 2.24) is 4.31 Å². The van der Waals surface area contributed by atoms with E-state index in [1.165, 1.54) is 0 Å². The molecule has 1 fully saturated rings. The lowest BCUT2D eigenvalue weighted by molar-refractivity contribution is 0.312. The molecule has 1 rings (SSSR count). The molecule has 0 radical (unpaired) electrons. The fourth-order valence-electron chi connectivity index (χ4n) is 2.25. The summed E-state index contributed by atoms with van der Waals surface area (Å²) in [4.78, 5) is 0. The van der Waals surface area contributed by atoms with Crippen molar-refractivity contribution in [2.45, 2.75) is 57.2 Å². The Bertz CT molecular complexity index is 303. The molecule has 0 bridgehead atoms. The molecule has 0 saturated carbocycles. The van der Waals surface area contributed by atoms with Gasteiger partial charge in [0, 0.05) is 19.1 Å². The van der Waals surface area contributed by atoms with Crippen LogP contribution >= 0.6 is 0 Å². The van der Waals surface area contributed by atoms with Gasteiger partial charge in [0.05, 0.1) is 5.25 Å². The SMILES string of the molecule is CCC1CCCCCN1S(=O)(=O)C(C)CN. The van der Waals surface area contributed by atoms with Crippen molar-refractivity contribution in [3.05, 3.63) is 0 Å². The first-order valence-corrected chi connectivity index (χ1v) is 7.75. The van der Waals surface area contributed by atoms with Gasteiger partial charge in [0.25, 0.3) is 0 Å². The lowest BCUT2D eigenvalue weighted by Crippen LogP contribution is -2.46. The van der Waals surface area contributed by atoms with Crippen LogP contribution in [0.1, 0.15) is 46.0 Å². The fourth-order valence-corrected chi connectivity index (χ4v) is 4.01. The molecule has 1 heterocycles. The summed E-state index contributed by atoms with van der Waals surface area (Å²) in [6, 6.07) is 0.182. The largest absolute Gasteiger partial charge is 0.329 e. The third-order valence-electron chi connectivity index (χ3n) is 3.46. The minimum Gasteiger partial charge on any atom is -0.329 e. The Morgan fingerprint density at radius 1 is 1.38 bits per heavy atom. The molecule has 2 N–H and O–H groups in total. The second-order valence-corrected chi connectivity index (χ2v) is 6.92. The van der Waals surface area contributed by atoms with Crippen LogP contribution in [0, 0.1) is 0 Å². The molecular formula is C11H24N2O2S. The van der Waals surface area contributed by atoms with Crippen molar-refractivity contribution in [2.24, 2.45) is 5.73 Å². The van der Waals surface area contributed by atoms with Crippen LogP contribution in [0.2, 0.25) is 0 Å². The second-order valence-electron chi connectivity index (χ2n) is 4.61. The Balaban J connectivity index is 2.89. The summed E-state index contributed by atoms with van der Waals surface area (Å²) < 4.78 is 26.3. The molecule has 0 spiro atoms. The molecule has 0 aromatic heterocycles. The number of sulfonamides is 1. The van der Waals surface area contributed by atoms with E-state index in [9.17, 15) is 8.42 Å². The number of rotatable bonds is 4. The summed E-state index contributed by atoms with van der Waals surface area (Å²) in [5, 5.41) is -0.459. The van der Waals surface area contributed by atoms with Gasteiger partial charge in [-0.2, -0.15) is 4.31 Å². The van der Waals surface area contributed by atoms with Crippen LogP contribution in [0.15, 0.2) is 0 Å². The van der Waals surface area contributed by atoms with Crippen LogP contribution in [-0.4, -0.2) is 37.1 Å². The zero-order chi connectivity index (χ0) is 12.2. The second kappa shape index (κ2) is 5.98. The Morgan fingerprint density at radius 2 is 2.06 bits per heavy atom. The molecule has 0 aliphatic carbocycles. The first kappa shape index (κ1) is 13.9. The number of hydrogen-bond acceptors (Lipinski definition) is 3. The Labute approximate surface area is 99.2 Å². The van der Waals surface area contributed by atoms with E-state index in [0.29, 0.717) is 6.54 Å². The van der Waals surface area contributed by atoms with Crippen molar-refractivity contribution in [3.8, 4) is 0 Å². The van der Waals surface area contributed by atoms with E-state index < -0.39 is 15.3 Å². The summed E-state index contributed by atoms with van der Waals surface area (Å²) in [5.74, 6) is 0. The zero-order valence-corrected chi connectivity index (χ0v) is 11.2. The quantitative estimate of drug-likeness (QED) is 0.816. The zero-order valence-electron chi connectivity index (χ0n) is 10.4. The molecule has 16 heavy (non-hydrogen) atoms. The standard InChI is InChI=1S/C11H24N2O2S/c1-3-11-7-5-4-6-8-13(11)16(14,15)10(2)9-12/h10-11H,3-9,12H2,1-2H3. The van der Waals surface area contributed by atoms with Gasteiger partial charge >= 0.3 is 0 Å².